The van der Waals surface area contributed by atoms with Gasteiger partial charge in [0.1, 0.15) is 17.6 Å². The monoisotopic (exact) mass is 267 g/mol. The molecule has 1 aliphatic rings. The van der Waals surface area contributed by atoms with E-state index in [0.717, 1.165) is 18.8 Å². The van der Waals surface area contributed by atoms with Crippen molar-refractivity contribution in [1.29, 1.82) is 0 Å². The molecule has 1 aromatic heterocycles. The Kier molecular flexibility index (Phi) is 4.96. The van der Waals surface area contributed by atoms with E-state index in [2.05, 4.69) is 21.4 Å². The normalized spacial score (nSPS) is 14.7. The third kappa shape index (κ3) is 3.96. The fraction of sp³-hybridized carbons (Fsp3) is 0.538. The topological polar surface area (TPSA) is 47.0 Å². The van der Waals surface area contributed by atoms with Crippen molar-refractivity contribution in [1.82, 2.24) is 9.97 Å². The lowest BCUT2D eigenvalue weighted by molar-refractivity contribution is 0.178. The van der Waals surface area contributed by atoms with Gasteiger partial charge >= 0.3 is 0 Å². The van der Waals surface area contributed by atoms with Crippen molar-refractivity contribution in [3.8, 4) is 0 Å². The van der Waals surface area contributed by atoms with Crippen LogP contribution in [0.3, 0.4) is 0 Å². The molecule has 0 spiro atoms. The molecular weight excluding hydrogens is 250 g/mol. The Hall–Kier alpha value is -1.13. The van der Waals surface area contributed by atoms with Gasteiger partial charge in [-0.2, -0.15) is 0 Å². The Morgan fingerprint density at radius 3 is 3.06 bits per heavy atom. The lowest BCUT2D eigenvalue weighted by Gasteiger charge is -2.08. The van der Waals surface area contributed by atoms with Gasteiger partial charge in [-0.15, -0.1) is 0 Å². The van der Waals surface area contributed by atoms with Crippen LogP contribution in [0.4, 0.5) is 5.82 Å². The number of rotatable bonds is 6. The van der Waals surface area contributed by atoms with Crippen LogP contribution < -0.4 is 5.32 Å². The van der Waals surface area contributed by atoms with Gasteiger partial charge in [0.05, 0.1) is 0 Å². The molecular formula is C13H18ClN3O. The van der Waals surface area contributed by atoms with Crippen molar-refractivity contribution in [2.24, 2.45) is 0 Å². The predicted molar refractivity (Wildman–Crippen MR) is 72.8 cm³/mol. The highest BCUT2D eigenvalue weighted by Crippen LogP contribution is 2.20. The summed E-state index contributed by atoms with van der Waals surface area (Å²) in [5.74, 6) is 1.37. The average Bonchev–Trinajstić information content (AvgIpc) is 2.82. The molecule has 0 atom stereocenters. The molecule has 0 fully saturated rings. The van der Waals surface area contributed by atoms with Gasteiger partial charge in [0.2, 0.25) is 0 Å². The zero-order valence-corrected chi connectivity index (χ0v) is 11.3. The fourth-order valence-electron chi connectivity index (χ4n) is 2.06. The highest BCUT2D eigenvalue weighted by atomic mass is 35.5. The van der Waals surface area contributed by atoms with Gasteiger partial charge in [0.15, 0.2) is 5.82 Å². The molecule has 0 saturated carbocycles. The summed E-state index contributed by atoms with van der Waals surface area (Å²) in [7, 11) is 1.62. The maximum absolute atomic E-state index is 5.93. The number of anilines is 1. The van der Waals surface area contributed by atoms with Crippen LogP contribution in [0.25, 0.3) is 0 Å². The molecule has 0 aliphatic heterocycles. The van der Waals surface area contributed by atoms with Gasteiger partial charge in [-0.05, 0) is 25.7 Å². The molecule has 0 amide bonds. The summed E-state index contributed by atoms with van der Waals surface area (Å²) in [4.78, 5) is 8.42. The van der Waals surface area contributed by atoms with Crippen molar-refractivity contribution >= 4 is 17.4 Å². The van der Waals surface area contributed by atoms with Crippen molar-refractivity contribution in [2.75, 3.05) is 19.0 Å². The largest absolute Gasteiger partial charge is 0.377 e. The van der Waals surface area contributed by atoms with E-state index in [1.807, 2.05) is 0 Å². The fourth-order valence-corrected chi connectivity index (χ4v) is 2.27. The molecule has 18 heavy (non-hydrogen) atoms. The van der Waals surface area contributed by atoms with Crippen molar-refractivity contribution in [3.05, 3.63) is 28.7 Å². The third-order valence-corrected chi connectivity index (χ3v) is 3.10. The molecule has 1 aliphatic carbocycles. The molecule has 5 heteroatoms. The van der Waals surface area contributed by atoms with Crippen LogP contribution in [0.15, 0.2) is 17.7 Å². The number of nitrogens with zero attached hydrogens (tertiary/aromatic N) is 2. The third-order valence-electron chi connectivity index (χ3n) is 2.90. The minimum atomic E-state index is 0.375. The van der Waals surface area contributed by atoms with Gasteiger partial charge in [-0.25, -0.2) is 9.97 Å². The zero-order valence-electron chi connectivity index (χ0n) is 10.6. The molecule has 1 heterocycles. The average molecular weight is 268 g/mol. The summed E-state index contributed by atoms with van der Waals surface area (Å²) in [5, 5.41) is 3.72. The molecule has 0 unspecified atom stereocenters. The van der Waals surface area contributed by atoms with Crippen molar-refractivity contribution in [2.45, 2.75) is 32.3 Å². The SMILES string of the molecule is COCc1nc(Cl)cc(NCCC2=CCCC2)n1. The Bertz CT molecular complexity index is 434. The van der Waals surface area contributed by atoms with E-state index >= 15 is 0 Å². The number of hydrogen-bond acceptors (Lipinski definition) is 4. The quantitative estimate of drug-likeness (QED) is 0.635. The van der Waals surface area contributed by atoms with E-state index in [4.69, 9.17) is 16.3 Å². The molecule has 0 aromatic carbocycles. The number of halogens is 1. The van der Waals surface area contributed by atoms with E-state index in [0.29, 0.717) is 17.6 Å². The second-order valence-electron chi connectivity index (χ2n) is 4.36. The summed E-state index contributed by atoms with van der Waals surface area (Å²) in [5.41, 5.74) is 1.54. The van der Waals surface area contributed by atoms with E-state index in [9.17, 15) is 0 Å². The Balaban J connectivity index is 1.87. The second-order valence-corrected chi connectivity index (χ2v) is 4.74. The first-order chi connectivity index (χ1) is 8.78. The van der Waals surface area contributed by atoms with Crippen molar-refractivity contribution in [3.63, 3.8) is 0 Å². The van der Waals surface area contributed by atoms with Crippen LogP contribution in [0.2, 0.25) is 5.15 Å². The van der Waals surface area contributed by atoms with Crippen LogP contribution in [-0.2, 0) is 11.3 Å². The predicted octanol–water partition coefficient (Wildman–Crippen LogP) is 3.19. The van der Waals surface area contributed by atoms with Crippen LogP contribution >= 0.6 is 11.6 Å². The molecule has 0 bridgehead atoms. The lowest BCUT2D eigenvalue weighted by atomic mass is 10.2. The Labute approximate surface area is 112 Å². The highest BCUT2D eigenvalue weighted by Gasteiger charge is 2.05. The van der Waals surface area contributed by atoms with Gasteiger partial charge in [0.25, 0.3) is 0 Å². The summed E-state index contributed by atoms with van der Waals surface area (Å²) in [6.07, 6.45) is 7.17. The maximum atomic E-state index is 5.93. The molecule has 4 nitrogen and oxygen atoms in total. The summed E-state index contributed by atoms with van der Waals surface area (Å²) in [6.45, 7) is 1.26. The zero-order chi connectivity index (χ0) is 12.8. The maximum Gasteiger partial charge on any atom is 0.158 e. The molecule has 98 valence electrons. The summed E-state index contributed by atoms with van der Waals surface area (Å²) >= 11 is 5.93. The van der Waals surface area contributed by atoms with E-state index in [1.165, 1.54) is 19.3 Å². The summed E-state index contributed by atoms with van der Waals surface area (Å²) < 4.78 is 5.00. The standard InChI is InChI=1S/C13H18ClN3O/c1-18-9-13-16-11(14)8-12(17-13)15-7-6-10-4-2-3-5-10/h4,8H,2-3,5-7,9H2,1H3,(H,15,16,17). The minimum Gasteiger partial charge on any atom is -0.377 e. The number of nitrogens with one attached hydrogen (secondary N) is 1. The Morgan fingerprint density at radius 2 is 2.33 bits per heavy atom. The molecule has 1 N–H and O–H groups in total. The van der Waals surface area contributed by atoms with E-state index < -0.39 is 0 Å². The number of aromatic nitrogens is 2. The van der Waals surface area contributed by atoms with Gasteiger partial charge in [-0.3, -0.25) is 0 Å². The van der Waals surface area contributed by atoms with Crippen LogP contribution in [0, 0.1) is 0 Å². The first-order valence-corrected chi connectivity index (χ1v) is 6.60. The molecule has 0 saturated heterocycles. The minimum absolute atomic E-state index is 0.375. The number of hydrogen-bond donors (Lipinski definition) is 1. The lowest BCUT2D eigenvalue weighted by Crippen LogP contribution is -2.07. The van der Waals surface area contributed by atoms with Gasteiger partial charge in [-0.1, -0.05) is 23.3 Å². The van der Waals surface area contributed by atoms with Crippen LogP contribution in [-0.4, -0.2) is 23.6 Å². The van der Waals surface area contributed by atoms with E-state index in [1.54, 1.807) is 18.7 Å². The van der Waals surface area contributed by atoms with Gasteiger partial charge < -0.3 is 10.1 Å². The Morgan fingerprint density at radius 1 is 1.44 bits per heavy atom. The number of methoxy groups -OCH3 is 1. The van der Waals surface area contributed by atoms with E-state index in [-0.39, 0.29) is 0 Å². The van der Waals surface area contributed by atoms with Gasteiger partial charge in [0, 0.05) is 19.7 Å². The van der Waals surface area contributed by atoms with Crippen molar-refractivity contribution < 1.29 is 4.74 Å². The number of allylic oxidation sites excluding steroid dienone is 1. The molecule has 0 radical (unpaired) electrons. The second kappa shape index (κ2) is 6.71. The summed E-state index contributed by atoms with van der Waals surface area (Å²) in [6, 6.07) is 1.74. The smallest absolute Gasteiger partial charge is 0.158 e. The van der Waals surface area contributed by atoms with Crippen LogP contribution in [0.5, 0.6) is 0 Å². The highest BCUT2D eigenvalue weighted by molar-refractivity contribution is 6.29. The van der Waals surface area contributed by atoms with Crippen LogP contribution in [0.1, 0.15) is 31.5 Å². The molecule has 1 aromatic rings. The first-order valence-electron chi connectivity index (χ1n) is 6.22. The first kappa shape index (κ1) is 13.3. The molecule has 2 rings (SSSR count). The number of ether oxygens (including phenoxy) is 1.